The van der Waals surface area contributed by atoms with Crippen LogP contribution in [0.2, 0.25) is 0 Å². The van der Waals surface area contributed by atoms with Crippen LogP contribution in [0.5, 0.6) is 0 Å². The van der Waals surface area contributed by atoms with Crippen molar-refractivity contribution < 1.29 is 9.53 Å². The third-order valence-corrected chi connectivity index (χ3v) is 4.03. The molecule has 1 aromatic carbocycles. The van der Waals surface area contributed by atoms with E-state index in [1.54, 1.807) is 0 Å². The Balaban J connectivity index is 2.16. The SMILES string of the molecule is CCOC(=O)C(c1ccccc1)N1CCCC(CNC)C1. The molecule has 21 heavy (non-hydrogen) atoms. The number of nitrogens with zero attached hydrogens (tertiary/aromatic N) is 1. The second kappa shape index (κ2) is 8.15. The highest BCUT2D eigenvalue weighted by Crippen LogP contribution is 2.28. The Labute approximate surface area is 127 Å². The maximum Gasteiger partial charge on any atom is 0.327 e. The highest BCUT2D eigenvalue weighted by Gasteiger charge is 2.32. The van der Waals surface area contributed by atoms with Crippen molar-refractivity contribution in [3.63, 3.8) is 0 Å². The van der Waals surface area contributed by atoms with Gasteiger partial charge in [0.1, 0.15) is 6.04 Å². The van der Waals surface area contributed by atoms with E-state index in [2.05, 4.69) is 10.2 Å². The second-order valence-electron chi connectivity index (χ2n) is 5.63. The van der Waals surface area contributed by atoms with Crippen LogP contribution in [0.3, 0.4) is 0 Å². The number of nitrogens with one attached hydrogen (secondary N) is 1. The Kier molecular flexibility index (Phi) is 6.21. The minimum Gasteiger partial charge on any atom is -0.465 e. The minimum atomic E-state index is -0.272. The average Bonchev–Trinajstić information content (AvgIpc) is 2.50. The molecule has 1 aliphatic heterocycles. The number of likely N-dealkylation sites (tertiary alicyclic amines) is 1. The maximum atomic E-state index is 12.4. The van der Waals surface area contributed by atoms with Crippen LogP contribution in [-0.4, -0.2) is 44.2 Å². The lowest BCUT2D eigenvalue weighted by Gasteiger charge is -2.37. The molecule has 0 saturated carbocycles. The normalized spacial score (nSPS) is 21.0. The zero-order valence-electron chi connectivity index (χ0n) is 13.0. The molecule has 116 valence electrons. The van der Waals surface area contributed by atoms with E-state index in [1.807, 2.05) is 44.3 Å². The van der Waals surface area contributed by atoms with Gasteiger partial charge in [0.25, 0.3) is 0 Å². The van der Waals surface area contributed by atoms with E-state index >= 15 is 0 Å². The molecule has 2 unspecified atom stereocenters. The van der Waals surface area contributed by atoms with Crippen LogP contribution in [0.1, 0.15) is 31.4 Å². The highest BCUT2D eigenvalue weighted by molar-refractivity contribution is 5.77. The molecule has 0 bridgehead atoms. The molecule has 4 nitrogen and oxygen atoms in total. The van der Waals surface area contributed by atoms with Crippen LogP contribution < -0.4 is 5.32 Å². The summed E-state index contributed by atoms with van der Waals surface area (Å²) in [6, 6.07) is 9.71. The van der Waals surface area contributed by atoms with Gasteiger partial charge < -0.3 is 10.1 Å². The van der Waals surface area contributed by atoms with E-state index in [9.17, 15) is 4.79 Å². The van der Waals surface area contributed by atoms with Gasteiger partial charge in [0, 0.05) is 6.54 Å². The summed E-state index contributed by atoms with van der Waals surface area (Å²) in [5, 5.41) is 3.25. The van der Waals surface area contributed by atoms with Crippen LogP contribution in [0, 0.1) is 5.92 Å². The molecule has 2 rings (SSSR count). The molecule has 1 aliphatic rings. The third-order valence-electron chi connectivity index (χ3n) is 4.03. The van der Waals surface area contributed by atoms with E-state index in [0.29, 0.717) is 12.5 Å². The Bertz CT molecular complexity index is 434. The molecule has 0 spiro atoms. The topological polar surface area (TPSA) is 41.6 Å². The van der Waals surface area contributed by atoms with Gasteiger partial charge in [0.15, 0.2) is 0 Å². The van der Waals surface area contributed by atoms with Crippen molar-refractivity contribution in [1.29, 1.82) is 0 Å². The van der Waals surface area contributed by atoms with Crippen molar-refractivity contribution in [1.82, 2.24) is 10.2 Å². The molecule has 0 aromatic heterocycles. The molecule has 1 saturated heterocycles. The van der Waals surface area contributed by atoms with E-state index < -0.39 is 0 Å². The van der Waals surface area contributed by atoms with Gasteiger partial charge in [-0.15, -0.1) is 0 Å². The number of esters is 1. The number of piperidine rings is 1. The molecular weight excluding hydrogens is 264 g/mol. The van der Waals surface area contributed by atoms with Gasteiger partial charge in [-0.25, -0.2) is 4.79 Å². The third kappa shape index (κ3) is 4.29. The first-order valence-electron chi connectivity index (χ1n) is 7.86. The van der Waals surface area contributed by atoms with Crippen molar-refractivity contribution in [3.8, 4) is 0 Å². The minimum absolute atomic E-state index is 0.131. The molecule has 1 heterocycles. The van der Waals surface area contributed by atoms with Crippen LogP contribution in [-0.2, 0) is 9.53 Å². The Hall–Kier alpha value is -1.39. The summed E-state index contributed by atoms with van der Waals surface area (Å²) in [6.45, 7) is 5.19. The van der Waals surface area contributed by atoms with E-state index in [1.165, 1.54) is 6.42 Å². The summed E-state index contributed by atoms with van der Waals surface area (Å²) in [4.78, 5) is 14.7. The predicted octanol–water partition coefficient (Wildman–Crippen LogP) is 2.22. The molecule has 2 atom stereocenters. The number of carbonyl (C=O) groups excluding carboxylic acids is 1. The van der Waals surface area contributed by atoms with Crippen molar-refractivity contribution in [3.05, 3.63) is 35.9 Å². The van der Waals surface area contributed by atoms with Gasteiger partial charge >= 0.3 is 5.97 Å². The van der Waals surface area contributed by atoms with Crippen molar-refractivity contribution >= 4 is 5.97 Å². The zero-order chi connectivity index (χ0) is 15.1. The zero-order valence-corrected chi connectivity index (χ0v) is 13.0. The van der Waals surface area contributed by atoms with Gasteiger partial charge in [-0.1, -0.05) is 30.3 Å². The molecule has 1 aromatic rings. The highest BCUT2D eigenvalue weighted by atomic mass is 16.5. The monoisotopic (exact) mass is 290 g/mol. The molecule has 1 fully saturated rings. The number of carbonyl (C=O) groups is 1. The average molecular weight is 290 g/mol. The Morgan fingerprint density at radius 2 is 2.19 bits per heavy atom. The van der Waals surface area contributed by atoms with Gasteiger partial charge in [-0.05, 0) is 51.4 Å². The summed E-state index contributed by atoms with van der Waals surface area (Å²) in [6.07, 6.45) is 2.36. The number of hydrogen-bond donors (Lipinski definition) is 1. The van der Waals surface area contributed by atoms with Crippen molar-refractivity contribution in [2.75, 3.05) is 33.3 Å². The molecule has 1 N–H and O–H groups in total. The molecular formula is C17H26N2O2. The fourth-order valence-electron chi connectivity index (χ4n) is 3.14. The summed E-state index contributed by atoms with van der Waals surface area (Å²) in [5.41, 5.74) is 1.03. The van der Waals surface area contributed by atoms with Gasteiger partial charge in [-0.2, -0.15) is 0 Å². The second-order valence-corrected chi connectivity index (χ2v) is 5.63. The molecule has 0 aliphatic carbocycles. The first kappa shape index (κ1) is 16.0. The lowest BCUT2D eigenvalue weighted by molar-refractivity contribution is -0.150. The number of hydrogen-bond acceptors (Lipinski definition) is 4. The Morgan fingerprint density at radius 3 is 2.86 bits per heavy atom. The standard InChI is InChI=1S/C17H26N2O2/c1-3-21-17(20)16(15-9-5-4-6-10-15)19-11-7-8-14(13-19)12-18-2/h4-6,9-10,14,16,18H,3,7-8,11-13H2,1-2H3. The van der Waals surface area contributed by atoms with Gasteiger partial charge in [0.05, 0.1) is 6.61 Å². The van der Waals surface area contributed by atoms with Crippen LogP contribution in [0.15, 0.2) is 30.3 Å². The van der Waals surface area contributed by atoms with Crippen molar-refractivity contribution in [2.45, 2.75) is 25.8 Å². The molecule has 0 radical (unpaired) electrons. The van der Waals surface area contributed by atoms with Crippen LogP contribution >= 0.6 is 0 Å². The predicted molar refractivity (Wildman–Crippen MR) is 84.0 cm³/mol. The Morgan fingerprint density at radius 1 is 1.43 bits per heavy atom. The fourth-order valence-corrected chi connectivity index (χ4v) is 3.14. The van der Waals surface area contributed by atoms with E-state index in [-0.39, 0.29) is 12.0 Å². The first-order chi connectivity index (χ1) is 10.3. The van der Waals surface area contributed by atoms with Gasteiger partial charge in [-0.3, -0.25) is 4.90 Å². The molecule has 0 amide bonds. The fraction of sp³-hybridized carbons (Fsp3) is 0.588. The van der Waals surface area contributed by atoms with Crippen LogP contribution in [0.4, 0.5) is 0 Å². The van der Waals surface area contributed by atoms with Crippen molar-refractivity contribution in [2.24, 2.45) is 5.92 Å². The number of ether oxygens (including phenoxy) is 1. The smallest absolute Gasteiger partial charge is 0.327 e. The number of rotatable bonds is 6. The lowest BCUT2D eigenvalue weighted by atomic mass is 9.94. The van der Waals surface area contributed by atoms with Crippen LogP contribution in [0.25, 0.3) is 0 Å². The summed E-state index contributed by atoms with van der Waals surface area (Å²) < 4.78 is 5.31. The maximum absolute atomic E-state index is 12.4. The van der Waals surface area contributed by atoms with E-state index in [4.69, 9.17) is 4.74 Å². The number of benzene rings is 1. The lowest BCUT2D eigenvalue weighted by Crippen LogP contribution is -2.44. The summed E-state index contributed by atoms with van der Waals surface area (Å²) in [7, 11) is 1.99. The quantitative estimate of drug-likeness (QED) is 0.816. The largest absolute Gasteiger partial charge is 0.465 e. The summed E-state index contributed by atoms with van der Waals surface area (Å²) in [5.74, 6) is 0.471. The first-order valence-corrected chi connectivity index (χ1v) is 7.86. The van der Waals surface area contributed by atoms with Gasteiger partial charge in [0.2, 0.25) is 0 Å². The molecule has 4 heteroatoms. The van der Waals surface area contributed by atoms with E-state index in [0.717, 1.165) is 31.6 Å². The summed E-state index contributed by atoms with van der Waals surface area (Å²) >= 11 is 0.